The van der Waals surface area contributed by atoms with Crippen LogP contribution in [0.15, 0.2) is 122 Å². The predicted molar refractivity (Wildman–Crippen MR) is 156 cm³/mol. The van der Waals surface area contributed by atoms with Crippen LogP contribution in [0, 0.1) is 0 Å². The molecule has 5 nitrogen and oxygen atoms in total. The smallest absolute Gasteiger partial charge is 0.141 e. The summed E-state index contributed by atoms with van der Waals surface area (Å²) >= 11 is 0. The highest BCUT2D eigenvalue weighted by atomic mass is 15.1. The van der Waals surface area contributed by atoms with Crippen LogP contribution in [0.4, 0.5) is 17.1 Å². The Labute approximate surface area is 220 Å². The third-order valence-electron chi connectivity index (χ3n) is 7.05. The Morgan fingerprint density at radius 1 is 0.579 bits per heavy atom. The number of benzene rings is 4. The van der Waals surface area contributed by atoms with Gasteiger partial charge in [-0.15, -0.1) is 0 Å². The number of anilines is 3. The summed E-state index contributed by atoms with van der Waals surface area (Å²) in [5.74, 6) is 0.946. The van der Waals surface area contributed by atoms with Crippen LogP contribution in [0.2, 0.25) is 0 Å². The molecule has 0 aliphatic heterocycles. The molecule has 4 aromatic carbocycles. The number of fused-ring (bicyclic) bond motifs is 6. The van der Waals surface area contributed by atoms with Crippen LogP contribution in [-0.2, 0) is 6.54 Å². The molecule has 0 radical (unpaired) electrons. The summed E-state index contributed by atoms with van der Waals surface area (Å²) in [6, 6.07) is 37.8. The zero-order valence-corrected chi connectivity index (χ0v) is 21.0. The van der Waals surface area contributed by atoms with Crippen molar-refractivity contribution in [2.45, 2.75) is 13.5 Å². The van der Waals surface area contributed by atoms with Crippen LogP contribution in [0.1, 0.15) is 6.92 Å². The lowest BCUT2D eigenvalue weighted by molar-refractivity contribution is 0.798. The van der Waals surface area contributed by atoms with Gasteiger partial charge in [0.15, 0.2) is 0 Å². The number of aryl methyl sites for hydroxylation is 1. The predicted octanol–water partition coefficient (Wildman–Crippen LogP) is 8.29. The molecule has 0 aliphatic rings. The largest absolute Gasteiger partial charge is 0.324 e. The summed E-state index contributed by atoms with van der Waals surface area (Å²) < 4.78 is 2.30. The van der Waals surface area contributed by atoms with E-state index in [0.29, 0.717) is 0 Å². The first-order valence-electron chi connectivity index (χ1n) is 12.9. The number of nitrogens with zero attached hydrogens (tertiary/aromatic N) is 5. The second-order valence-corrected chi connectivity index (χ2v) is 9.23. The van der Waals surface area contributed by atoms with Crippen molar-refractivity contribution in [1.82, 2.24) is 19.5 Å². The summed E-state index contributed by atoms with van der Waals surface area (Å²) in [7, 11) is 0. The summed E-state index contributed by atoms with van der Waals surface area (Å²) in [5, 5.41) is 2.10. The molecule has 0 unspecified atom stereocenters. The van der Waals surface area contributed by atoms with Crippen molar-refractivity contribution in [3.8, 4) is 11.4 Å². The van der Waals surface area contributed by atoms with Crippen molar-refractivity contribution in [2.75, 3.05) is 4.90 Å². The Kier molecular flexibility index (Phi) is 5.33. The molecule has 3 aromatic heterocycles. The molecule has 7 rings (SSSR count). The first-order chi connectivity index (χ1) is 18.8. The molecule has 0 saturated heterocycles. The molecular weight excluding hydrogens is 466 g/mol. The molecule has 0 saturated carbocycles. The van der Waals surface area contributed by atoms with E-state index in [0.717, 1.165) is 67.8 Å². The van der Waals surface area contributed by atoms with E-state index in [1.54, 1.807) is 0 Å². The average molecular weight is 492 g/mol. The Morgan fingerprint density at radius 2 is 1.13 bits per heavy atom. The first kappa shape index (κ1) is 22.2. The van der Waals surface area contributed by atoms with Gasteiger partial charge >= 0.3 is 0 Å². The summed E-state index contributed by atoms with van der Waals surface area (Å²) in [6.45, 7) is 2.96. The minimum Gasteiger partial charge on any atom is -0.324 e. The molecule has 0 N–H and O–H groups in total. The van der Waals surface area contributed by atoms with E-state index in [9.17, 15) is 0 Å². The fraction of sp³-hybridized carbons (Fsp3) is 0.0606. The molecule has 0 fully saturated rings. The van der Waals surface area contributed by atoms with Crippen molar-refractivity contribution < 1.29 is 0 Å². The quantitative estimate of drug-likeness (QED) is 0.227. The van der Waals surface area contributed by atoms with Crippen molar-refractivity contribution in [2.24, 2.45) is 0 Å². The third kappa shape index (κ3) is 3.51. The first-order valence-corrected chi connectivity index (χ1v) is 12.9. The molecule has 38 heavy (non-hydrogen) atoms. The van der Waals surface area contributed by atoms with E-state index >= 15 is 0 Å². The summed E-state index contributed by atoms with van der Waals surface area (Å²) in [6.07, 6.45) is 3.66. The second-order valence-electron chi connectivity index (χ2n) is 9.23. The van der Waals surface area contributed by atoms with Crippen LogP contribution >= 0.6 is 0 Å². The van der Waals surface area contributed by atoms with E-state index in [1.165, 1.54) is 0 Å². The van der Waals surface area contributed by atoms with Crippen LogP contribution in [0.25, 0.3) is 44.2 Å². The minimum atomic E-state index is 0.795. The van der Waals surface area contributed by atoms with Gasteiger partial charge in [0.25, 0.3) is 0 Å². The Morgan fingerprint density at radius 3 is 1.74 bits per heavy atom. The number of rotatable bonds is 5. The molecule has 3 heterocycles. The highest BCUT2D eigenvalue weighted by Gasteiger charge is 2.19. The SMILES string of the molecule is CCn1c(-c2ccc(N(c3ccccc3)c3ccccc3)cc2)nc2c3cccnc3c3ncccc3c21. The highest BCUT2D eigenvalue weighted by molar-refractivity contribution is 6.21. The van der Waals surface area contributed by atoms with Gasteiger partial charge in [-0.25, -0.2) is 4.98 Å². The average Bonchev–Trinajstić information content (AvgIpc) is 3.39. The standard InChI is InChI=1S/C33H25N5/c1-2-37-32-28-16-10-22-35-30(28)29-27(15-9-21-34-29)31(32)36-33(37)23-17-19-26(20-18-23)38(24-11-5-3-6-12-24)25-13-7-4-8-14-25/h3-22H,2H2,1H3. The molecule has 182 valence electrons. The number of hydrogen-bond donors (Lipinski definition) is 0. The van der Waals surface area contributed by atoms with Gasteiger partial charge in [0.05, 0.1) is 22.1 Å². The Bertz CT molecular complexity index is 1850. The zero-order chi connectivity index (χ0) is 25.5. The highest BCUT2D eigenvalue weighted by Crippen LogP contribution is 2.38. The molecule has 0 atom stereocenters. The van der Waals surface area contributed by atoms with E-state index < -0.39 is 0 Å². The number of pyridine rings is 2. The van der Waals surface area contributed by atoms with Crippen LogP contribution < -0.4 is 4.90 Å². The van der Waals surface area contributed by atoms with Gasteiger partial charge in [0, 0.05) is 52.3 Å². The maximum atomic E-state index is 5.20. The Balaban J connectivity index is 1.41. The van der Waals surface area contributed by atoms with Crippen LogP contribution in [0.3, 0.4) is 0 Å². The molecular formula is C33H25N5. The van der Waals surface area contributed by atoms with E-state index in [1.807, 2.05) is 36.7 Å². The van der Waals surface area contributed by atoms with Gasteiger partial charge in [0.1, 0.15) is 5.82 Å². The van der Waals surface area contributed by atoms with Gasteiger partial charge in [-0.05, 0) is 79.7 Å². The normalized spacial score (nSPS) is 11.4. The second kappa shape index (κ2) is 9.12. The lowest BCUT2D eigenvalue weighted by Crippen LogP contribution is -2.09. The molecule has 0 bridgehead atoms. The van der Waals surface area contributed by atoms with E-state index in [4.69, 9.17) is 9.97 Å². The van der Waals surface area contributed by atoms with Crippen molar-refractivity contribution in [1.29, 1.82) is 0 Å². The van der Waals surface area contributed by atoms with E-state index in [-0.39, 0.29) is 0 Å². The molecule has 0 spiro atoms. The van der Waals surface area contributed by atoms with E-state index in [2.05, 4.69) is 106 Å². The number of hydrogen-bond acceptors (Lipinski definition) is 4. The van der Waals surface area contributed by atoms with Crippen LogP contribution in [-0.4, -0.2) is 19.5 Å². The summed E-state index contributed by atoms with van der Waals surface area (Å²) in [5.41, 5.74) is 8.26. The number of para-hydroxylation sites is 2. The number of aromatic nitrogens is 4. The fourth-order valence-corrected chi connectivity index (χ4v) is 5.37. The lowest BCUT2D eigenvalue weighted by Gasteiger charge is -2.25. The monoisotopic (exact) mass is 491 g/mol. The molecule has 7 aromatic rings. The maximum Gasteiger partial charge on any atom is 0.141 e. The molecule has 0 aliphatic carbocycles. The fourth-order valence-electron chi connectivity index (χ4n) is 5.37. The van der Waals surface area contributed by atoms with Crippen LogP contribution in [0.5, 0.6) is 0 Å². The minimum absolute atomic E-state index is 0.795. The van der Waals surface area contributed by atoms with Crippen molar-refractivity contribution in [3.63, 3.8) is 0 Å². The Hall–Kier alpha value is -5.03. The van der Waals surface area contributed by atoms with Gasteiger partial charge in [-0.1, -0.05) is 36.4 Å². The lowest BCUT2D eigenvalue weighted by atomic mass is 10.1. The van der Waals surface area contributed by atoms with Crippen molar-refractivity contribution in [3.05, 3.63) is 122 Å². The topological polar surface area (TPSA) is 46.8 Å². The maximum absolute atomic E-state index is 5.20. The molecule has 5 heteroatoms. The van der Waals surface area contributed by atoms with Gasteiger partial charge in [-0.2, -0.15) is 0 Å². The zero-order valence-electron chi connectivity index (χ0n) is 21.0. The van der Waals surface area contributed by atoms with Gasteiger partial charge in [-0.3, -0.25) is 9.97 Å². The van der Waals surface area contributed by atoms with Gasteiger partial charge < -0.3 is 9.47 Å². The van der Waals surface area contributed by atoms with Gasteiger partial charge in [0.2, 0.25) is 0 Å². The third-order valence-corrected chi connectivity index (χ3v) is 7.05. The summed E-state index contributed by atoms with van der Waals surface area (Å²) in [4.78, 5) is 16.8. The van der Waals surface area contributed by atoms with Crippen molar-refractivity contribution >= 4 is 49.9 Å². The molecule has 0 amide bonds. The number of imidazole rings is 1.